The first-order valence-electron chi connectivity index (χ1n) is 5.50. The van der Waals surface area contributed by atoms with Crippen LogP contribution in [-0.2, 0) is 4.79 Å². The molecule has 0 aromatic heterocycles. The molecule has 1 rings (SSSR count). The molecule has 0 aliphatic carbocycles. The number of likely N-dealkylation sites (N-methyl/N-ethyl adjacent to an activating group) is 1. The second-order valence-electron chi connectivity index (χ2n) is 4.07. The average molecular weight is 228 g/mol. The molecule has 0 bridgehead atoms. The van der Waals surface area contributed by atoms with Gasteiger partial charge < -0.3 is 20.4 Å². The van der Waals surface area contributed by atoms with Crippen LogP contribution in [0.15, 0.2) is 0 Å². The number of nitrogens with one attached hydrogen (secondary N) is 2. The lowest BCUT2D eigenvalue weighted by Crippen LogP contribution is -2.54. The fourth-order valence-electron chi connectivity index (χ4n) is 1.63. The first-order valence-corrected chi connectivity index (χ1v) is 5.50. The third-order valence-corrected chi connectivity index (χ3v) is 2.76. The summed E-state index contributed by atoms with van der Waals surface area (Å²) in [5.74, 6) is -0.0169. The molecule has 3 amide bonds. The largest absolute Gasteiger partial charge is 0.341 e. The Hall–Kier alpha value is -1.30. The second-order valence-corrected chi connectivity index (χ2v) is 4.07. The molecule has 1 saturated heterocycles. The Bertz CT molecular complexity index is 262. The maximum Gasteiger partial charge on any atom is 0.315 e. The Morgan fingerprint density at radius 2 is 1.75 bits per heavy atom. The molecule has 0 unspecified atom stereocenters. The molecule has 6 nitrogen and oxygen atoms in total. The molecular weight excluding hydrogens is 208 g/mol. The number of urea groups is 1. The molecule has 0 spiro atoms. The highest BCUT2D eigenvalue weighted by Crippen LogP contribution is 2.01. The van der Waals surface area contributed by atoms with Gasteiger partial charge >= 0.3 is 6.03 Å². The smallest absolute Gasteiger partial charge is 0.315 e. The number of hydrogen-bond acceptors (Lipinski definition) is 3. The van der Waals surface area contributed by atoms with Crippen LogP contribution >= 0.6 is 0 Å². The zero-order chi connectivity index (χ0) is 12.1. The van der Waals surface area contributed by atoms with Crippen molar-refractivity contribution in [3.8, 4) is 0 Å². The SMILES string of the molecule is CNC(=O)N[C@@H](C)C(=O)N1CCN(C)CC1. The number of carbonyl (C=O) groups is 2. The lowest BCUT2D eigenvalue weighted by molar-refractivity contribution is -0.134. The van der Waals surface area contributed by atoms with Gasteiger partial charge in [-0.15, -0.1) is 0 Å². The standard InChI is InChI=1S/C10H20N4O2/c1-8(12-10(16)11-2)9(15)14-6-4-13(3)5-7-14/h8H,4-7H2,1-3H3,(H2,11,12,16)/t8-/m0/s1. The van der Waals surface area contributed by atoms with Crippen LogP contribution in [0, 0.1) is 0 Å². The summed E-state index contributed by atoms with van der Waals surface area (Å²) in [6.07, 6.45) is 0. The van der Waals surface area contributed by atoms with Crippen molar-refractivity contribution in [2.45, 2.75) is 13.0 Å². The number of rotatable bonds is 2. The van der Waals surface area contributed by atoms with E-state index in [-0.39, 0.29) is 11.9 Å². The Morgan fingerprint density at radius 1 is 1.19 bits per heavy atom. The Kier molecular flexibility index (Phi) is 4.54. The minimum absolute atomic E-state index is 0.0169. The monoisotopic (exact) mass is 228 g/mol. The van der Waals surface area contributed by atoms with E-state index in [4.69, 9.17) is 0 Å². The van der Waals surface area contributed by atoms with E-state index >= 15 is 0 Å². The fraction of sp³-hybridized carbons (Fsp3) is 0.800. The quantitative estimate of drug-likeness (QED) is 0.642. The molecule has 1 atom stereocenters. The van der Waals surface area contributed by atoms with Crippen LogP contribution in [0.1, 0.15) is 6.92 Å². The van der Waals surface area contributed by atoms with Gasteiger partial charge in [0, 0.05) is 33.2 Å². The van der Waals surface area contributed by atoms with E-state index in [0.29, 0.717) is 0 Å². The Labute approximate surface area is 96.0 Å². The van der Waals surface area contributed by atoms with E-state index in [2.05, 4.69) is 15.5 Å². The summed E-state index contributed by atoms with van der Waals surface area (Å²) in [5, 5.41) is 5.01. The van der Waals surface area contributed by atoms with E-state index < -0.39 is 6.04 Å². The fourth-order valence-corrected chi connectivity index (χ4v) is 1.63. The Balaban J connectivity index is 2.41. The van der Waals surface area contributed by atoms with Gasteiger partial charge in [-0.2, -0.15) is 0 Å². The molecule has 92 valence electrons. The zero-order valence-electron chi connectivity index (χ0n) is 10.1. The van der Waals surface area contributed by atoms with Gasteiger partial charge in [0.25, 0.3) is 0 Å². The van der Waals surface area contributed by atoms with E-state index in [1.165, 1.54) is 7.05 Å². The first kappa shape index (κ1) is 12.8. The third kappa shape index (κ3) is 3.37. The van der Waals surface area contributed by atoms with Crippen LogP contribution in [0.25, 0.3) is 0 Å². The summed E-state index contributed by atoms with van der Waals surface area (Å²) in [5.41, 5.74) is 0. The summed E-state index contributed by atoms with van der Waals surface area (Å²) >= 11 is 0. The zero-order valence-corrected chi connectivity index (χ0v) is 10.1. The first-order chi connectivity index (χ1) is 7.54. The molecule has 16 heavy (non-hydrogen) atoms. The van der Waals surface area contributed by atoms with Crippen molar-refractivity contribution in [3.05, 3.63) is 0 Å². The van der Waals surface area contributed by atoms with Crippen LogP contribution in [0.5, 0.6) is 0 Å². The van der Waals surface area contributed by atoms with Gasteiger partial charge in [0.15, 0.2) is 0 Å². The van der Waals surface area contributed by atoms with E-state index in [1.807, 2.05) is 7.05 Å². The number of nitrogens with zero attached hydrogens (tertiary/aromatic N) is 2. The van der Waals surface area contributed by atoms with Crippen molar-refractivity contribution in [1.82, 2.24) is 20.4 Å². The van der Waals surface area contributed by atoms with Crippen molar-refractivity contribution >= 4 is 11.9 Å². The van der Waals surface area contributed by atoms with E-state index in [0.717, 1.165) is 26.2 Å². The predicted molar refractivity (Wildman–Crippen MR) is 61.1 cm³/mol. The second kappa shape index (κ2) is 5.69. The topological polar surface area (TPSA) is 64.7 Å². The van der Waals surface area contributed by atoms with Crippen molar-refractivity contribution in [3.63, 3.8) is 0 Å². The summed E-state index contributed by atoms with van der Waals surface area (Å²) in [4.78, 5) is 27.0. The highest BCUT2D eigenvalue weighted by molar-refractivity contribution is 5.86. The van der Waals surface area contributed by atoms with Gasteiger partial charge in [-0.3, -0.25) is 4.79 Å². The normalized spacial score (nSPS) is 19.1. The van der Waals surface area contributed by atoms with Gasteiger partial charge in [0.1, 0.15) is 6.04 Å². The van der Waals surface area contributed by atoms with Gasteiger partial charge in [-0.05, 0) is 14.0 Å². The molecule has 0 radical (unpaired) electrons. The molecule has 1 aliphatic heterocycles. The van der Waals surface area contributed by atoms with Crippen LogP contribution in [0.2, 0.25) is 0 Å². The minimum Gasteiger partial charge on any atom is -0.341 e. The van der Waals surface area contributed by atoms with Crippen LogP contribution in [0.3, 0.4) is 0 Å². The number of piperazine rings is 1. The summed E-state index contributed by atoms with van der Waals surface area (Å²) in [7, 11) is 3.57. The Morgan fingerprint density at radius 3 is 2.25 bits per heavy atom. The molecule has 1 aliphatic rings. The minimum atomic E-state index is -0.469. The summed E-state index contributed by atoms with van der Waals surface area (Å²) in [6.45, 7) is 4.94. The van der Waals surface area contributed by atoms with Crippen LogP contribution in [-0.4, -0.2) is 68.1 Å². The van der Waals surface area contributed by atoms with Gasteiger partial charge in [-0.1, -0.05) is 0 Å². The van der Waals surface area contributed by atoms with Crippen molar-refractivity contribution < 1.29 is 9.59 Å². The third-order valence-electron chi connectivity index (χ3n) is 2.76. The average Bonchev–Trinajstić information content (AvgIpc) is 2.28. The maximum absolute atomic E-state index is 11.9. The molecular formula is C10H20N4O2. The molecule has 0 aromatic rings. The van der Waals surface area contributed by atoms with Crippen molar-refractivity contribution in [1.29, 1.82) is 0 Å². The van der Waals surface area contributed by atoms with Gasteiger partial charge in [-0.25, -0.2) is 4.79 Å². The van der Waals surface area contributed by atoms with Gasteiger partial charge in [0.2, 0.25) is 5.91 Å². The molecule has 6 heteroatoms. The van der Waals surface area contributed by atoms with Crippen molar-refractivity contribution in [2.75, 3.05) is 40.3 Å². The van der Waals surface area contributed by atoms with Crippen LogP contribution in [0.4, 0.5) is 4.79 Å². The highest BCUT2D eigenvalue weighted by atomic mass is 16.2. The molecule has 2 N–H and O–H groups in total. The van der Waals surface area contributed by atoms with Gasteiger partial charge in [0.05, 0.1) is 0 Å². The number of amides is 3. The maximum atomic E-state index is 11.9. The lowest BCUT2D eigenvalue weighted by Gasteiger charge is -2.34. The number of carbonyl (C=O) groups excluding carboxylic acids is 2. The summed E-state index contributed by atoms with van der Waals surface area (Å²) < 4.78 is 0. The molecule has 0 saturated carbocycles. The van der Waals surface area contributed by atoms with E-state index in [1.54, 1.807) is 11.8 Å². The van der Waals surface area contributed by atoms with Crippen LogP contribution < -0.4 is 10.6 Å². The number of hydrogen-bond donors (Lipinski definition) is 2. The predicted octanol–water partition coefficient (Wildman–Crippen LogP) is -0.922. The molecule has 1 heterocycles. The molecule has 1 fully saturated rings. The summed E-state index contributed by atoms with van der Waals surface area (Å²) in [6, 6.07) is -0.793. The molecule has 0 aromatic carbocycles. The van der Waals surface area contributed by atoms with Crippen molar-refractivity contribution in [2.24, 2.45) is 0 Å². The van der Waals surface area contributed by atoms with E-state index in [9.17, 15) is 9.59 Å². The lowest BCUT2D eigenvalue weighted by atomic mass is 10.2. The highest BCUT2D eigenvalue weighted by Gasteiger charge is 2.24.